The minimum Gasteiger partial charge on any atom is -0.482 e. The van der Waals surface area contributed by atoms with Crippen molar-refractivity contribution in [2.24, 2.45) is 0 Å². The molecule has 1 saturated carbocycles. The van der Waals surface area contributed by atoms with Crippen LogP contribution in [0.2, 0.25) is 5.02 Å². The van der Waals surface area contributed by atoms with Gasteiger partial charge in [-0.25, -0.2) is 4.39 Å². The number of aliphatic hydroxyl groups is 1. The predicted molar refractivity (Wildman–Crippen MR) is 73.3 cm³/mol. The normalized spacial score (nSPS) is 22.4. The van der Waals surface area contributed by atoms with Gasteiger partial charge in [-0.05, 0) is 43.9 Å². The summed E-state index contributed by atoms with van der Waals surface area (Å²) >= 11 is 5.80. The molecule has 0 atom stereocenters. The first-order valence-corrected chi connectivity index (χ1v) is 6.97. The third-order valence-electron chi connectivity index (χ3n) is 3.31. The highest BCUT2D eigenvalue weighted by Crippen LogP contribution is 2.24. The van der Waals surface area contributed by atoms with Crippen molar-refractivity contribution in [3.8, 4) is 5.75 Å². The Morgan fingerprint density at radius 1 is 1.40 bits per heavy atom. The Labute approximate surface area is 121 Å². The molecule has 1 fully saturated rings. The minimum absolute atomic E-state index is 0.0817. The van der Waals surface area contributed by atoms with E-state index in [2.05, 4.69) is 5.32 Å². The second kappa shape index (κ2) is 6.90. The lowest BCUT2D eigenvalue weighted by molar-refractivity contribution is -0.124. The summed E-state index contributed by atoms with van der Waals surface area (Å²) in [4.78, 5) is 11.7. The average molecular weight is 302 g/mol. The Hall–Kier alpha value is -1.33. The zero-order valence-electron chi connectivity index (χ0n) is 10.9. The van der Waals surface area contributed by atoms with Crippen LogP contribution in [0.15, 0.2) is 18.2 Å². The van der Waals surface area contributed by atoms with Gasteiger partial charge in [0.2, 0.25) is 0 Å². The number of amides is 1. The van der Waals surface area contributed by atoms with Crippen molar-refractivity contribution in [1.82, 2.24) is 5.32 Å². The highest BCUT2D eigenvalue weighted by Gasteiger charge is 2.20. The van der Waals surface area contributed by atoms with Crippen LogP contribution in [0.4, 0.5) is 4.39 Å². The van der Waals surface area contributed by atoms with E-state index in [0.717, 1.165) is 18.9 Å². The van der Waals surface area contributed by atoms with Gasteiger partial charge in [0.05, 0.1) is 11.1 Å². The highest BCUT2D eigenvalue weighted by molar-refractivity contribution is 6.32. The number of carbonyl (C=O) groups excluding carboxylic acids is 1. The molecule has 4 nitrogen and oxygen atoms in total. The molecule has 1 aliphatic carbocycles. The molecule has 0 spiro atoms. The van der Waals surface area contributed by atoms with E-state index >= 15 is 0 Å². The van der Waals surface area contributed by atoms with Crippen LogP contribution in [0.3, 0.4) is 0 Å². The summed E-state index contributed by atoms with van der Waals surface area (Å²) in [5.74, 6) is -0.415. The number of halogens is 2. The van der Waals surface area contributed by atoms with Gasteiger partial charge in [-0.1, -0.05) is 11.6 Å². The van der Waals surface area contributed by atoms with Crippen LogP contribution in [0, 0.1) is 5.82 Å². The van der Waals surface area contributed by atoms with Gasteiger partial charge in [0.15, 0.2) is 6.61 Å². The fourth-order valence-corrected chi connectivity index (χ4v) is 2.45. The maximum Gasteiger partial charge on any atom is 0.258 e. The van der Waals surface area contributed by atoms with Gasteiger partial charge in [0, 0.05) is 6.04 Å². The Morgan fingerprint density at radius 3 is 2.75 bits per heavy atom. The molecule has 1 aromatic rings. The van der Waals surface area contributed by atoms with Gasteiger partial charge in [0.25, 0.3) is 5.91 Å². The smallest absolute Gasteiger partial charge is 0.258 e. The van der Waals surface area contributed by atoms with E-state index in [1.165, 1.54) is 12.1 Å². The van der Waals surface area contributed by atoms with Crippen LogP contribution in [0.5, 0.6) is 5.75 Å². The number of nitrogens with one attached hydrogen (secondary N) is 1. The van der Waals surface area contributed by atoms with Gasteiger partial charge < -0.3 is 15.2 Å². The SMILES string of the molecule is O=C(COc1ccc(F)cc1Cl)NC1CCC(O)CC1. The molecule has 2 N–H and O–H groups in total. The van der Waals surface area contributed by atoms with Crippen molar-refractivity contribution in [2.75, 3.05) is 6.61 Å². The van der Waals surface area contributed by atoms with Crippen molar-refractivity contribution >= 4 is 17.5 Å². The summed E-state index contributed by atoms with van der Waals surface area (Å²) in [5.41, 5.74) is 0. The fourth-order valence-electron chi connectivity index (χ4n) is 2.23. The van der Waals surface area contributed by atoms with E-state index in [4.69, 9.17) is 16.3 Å². The summed E-state index contributed by atoms with van der Waals surface area (Å²) < 4.78 is 18.1. The van der Waals surface area contributed by atoms with Gasteiger partial charge in [0.1, 0.15) is 11.6 Å². The Bertz CT molecular complexity index is 475. The van der Waals surface area contributed by atoms with E-state index in [1.54, 1.807) is 0 Å². The molecule has 0 saturated heterocycles. The maximum absolute atomic E-state index is 12.8. The fraction of sp³-hybridized carbons (Fsp3) is 0.500. The number of carbonyl (C=O) groups is 1. The monoisotopic (exact) mass is 301 g/mol. The Kier molecular flexibility index (Phi) is 5.20. The number of hydrogen-bond acceptors (Lipinski definition) is 3. The Morgan fingerprint density at radius 2 is 2.10 bits per heavy atom. The summed E-state index contributed by atoms with van der Waals surface area (Å²) in [6, 6.07) is 3.83. The molecule has 1 aromatic carbocycles. The van der Waals surface area contributed by atoms with E-state index in [1.807, 2.05) is 0 Å². The molecule has 2 rings (SSSR count). The molecule has 6 heteroatoms. The number of hydrogen-bond donors (Lipinski definition) is 2. The van der Waals surface area contributed by atoms with Crippen LogP contribution in [-0.2, 0) is 4.79 Å². The third-order valence-corrected chi connectivity index (χ3v) is 3.61. The second-order valence-corrected chi connectivity index (χ2v) is 5.34. The molecule has 0 aliphatic heterocycles. The largest absolute Gasteiger partial charge is 0.482 e. The first-order chi connectivity index (χ1) is 9.54. The Balaban J connectivity index is 1.77. The average Bonchev–Trinajstić information content (AvgIpc) is 2.40. The van der Waals surface area contributed by atoms with E-state index in [-0.39, 0.29) is 35.4 Å². The quantitative estimate of drug-likeness (QED) is 0.897. The van der Waals surface area contributed by atoms with E-state index in [9.17, 15) is 14.3 Å². The van der Waals surface area contributed by atoms with Gasteiger partial charge >= 0.3 is 0 Å². The number of rotatable bonds is 4. The summed E-state index contributed by atoms with van der Waals surface area (Å²) in [6.45, 7) is -0.162. The van der Waals surface area contributed by atoms with E-state index < -0.39 is 5.82 Å². The first kappa shape index (κ1) is 15.1. The summed E-state index contributed by atoms with van der Waals surface area (Å²) in [6.07, 6.45) is 2.69. The van der Waals surface area contributed by atoms with Crippen molar-refractivity contribution < 1.29 is 19.0 Å². The second-order valence-electron chi connectivity index (χ2n) is 4.94. The molecule has 20 heavy (non-hydrogen) atoms. The topological polar surface area (TPSA) is 58.6 Å². The number of benzene rings is 1. The minimum atomic E-state index is -0.451. The van der Waals surface area contributed by atoms with Crippen molar-refractivity contribution in [3.05, 3.63) is 29.0 Å². The van der Waals surface area contributed by atoms with Crippen molar-refractivity contribution in [3.63, 3.8) is 0 Å². The third kappa shape index (κ3) is 4.35. The van der Waals surface area contributed by atoms with Crippen LogP contribution in [-0.4, -0.2) is 29.8 Å². The summed E-state index contributed by atoms with van der Waals surface area (Å²) in [7, 11) is 0. The number of aliphatic hydroxyl groups excluding tert-OH is 1. The zero-order valence-corrected chi connectivity index (χ0v) is 11.7. The van der Waals surface area contributed by atoms with E-state index in [0.29, 0.717) is 12.8 Å². The summed E-state index contributed by atoms with van der Waals surface area (Å²) in [5, 5.41) is 12.4. The molecular weight excluding hydrogens is 285 g/mol. The van der Waals surface area contributed by atoms with Crippen molar-refractivity contribution in [2.45, 2.75) is 37.8 Å². The molecule has 0 aromatic heterocycles. The van der Waals surface area contributed by atoms with Crippen LogP contribution in [0.1, 0.15) is 25.7 Å². The standard InChI is InChI=1S/C14H17ClFNO3/c15-12-7-9(16)1-6-13(12)20-8-14(19)17-10-2-4-11(18)5-3-10/h1,6-7,10-11,18H,2-5,8H2,(H,17,19). The van der Waals surface area contributed by atoms with Gasteiger partial charge in [-0.3, -0.25) is 4.79 Å². The zero-order chi connectivity index (χ0) is 14.5. The molecule has 0 heterocycles. The molecule has 0 unspecified atom stereocenters. The molecule has 0 radical (unpaired) electrons. The predicted octanol–water partition coefficient (Wildman–Crippen LogP) is 2.28. The molecule has 0 bridgehead atoms. The molecule has 1 aliphatic rings. The molecule has 110 valence electrons. The lowest BCUT2D eigenvalue weighted by Crippen LogP contribution is -2.40. The highest BCUT2D eigenvalue weighted by atomic mass is 35.5. The van der Waals surface area contributed by atoms with Crippen LogP contribution < -0.4 is 10.1 Å². The lowest BCUT2D eigenvalue weighted by Gasteiger charge is -2.26. The first-order valence-electron chi connectivity index (χ1n) is 6.60. The lowest BCUT2D eigenvalue weighted by atomic mass is 9.93. The molecular formula is C14H17ClFNO3. The van der Waals surface area contributed by atoms with Crippen LogP contribution >= 0.6 is 11.6 Å². The maximum atomic E-state index is 12.8. The number of ether oxygens (including phenoxy) is 1. The van der Waals surface area contributed by atoms with Crippen molar-refractivity contribution in [1.29, 1.82) is 0 Å². The molecule has 1 amide bonds. The van der Waals surface area contributed by atoms with Gasteiger partial charge in [-0.2, -0.15) is 0 Å². The van der Waals surface area contributed by atoms with Gasteiger partial charge in [-0.15, -0.1) is 0 Å². The van der Waals surface area contributed by atoms with Crippen LogP contribution in [0.25, 0.3) is 0 Å².